The van der Waals surface area contributed by atoms with E-state index in [2.05, 4.69) is 58.1 Å². The van der Waals surface area contributed by atoms with E-state index in [1.54, 1.807) is 7.11 Å². The van der Waals surface area contributed by atoms with Crippen LogP contribution in [-0.2, 0) is 11.2 Å². The summed E-state index contributed by atoms with van der Waals surface area (Å²) in [6, 6.07) is 7.33. The minimum absolute atomic E-state index is 0.0309. The molecule has 1 aromatic carbocycles. The third-order valence-corrected chi connectivity index (χ3v) is 4.19. The number of rotatable bonds is 8. The second-order valence-corrected chi connectivity index (χ2v) is 6.38. The molecule has 1 unspecified atom stereocenters. The Labute approximate surface area is 124 Å². The van der Waals surface area contributed by atoms with Gasteiger partial charge in [0.25, 0.3) is 0 Å². The fourth-order valence-electron chi connectivity index (χ4n) is 2.40. The number of aryl methyl sites for hydroxylation is 2. The third-order valence-electron chi connectivity index (χ3n) is 4.19. The molecule has 0 bridgehead atoms. The molecule has 0 aliphatic rings. The van der Waals surface area contributed by atoms with Crippen molar-refractivity contribution in [2.45, 2.75) is 65.5 Å². The van der Waals surface area contributed by atoms with Crippen molar-refractivity contribution in [1.82, 2.24) is 5.32 Å². The topological polar surface area (TPSA) is 21.3 Å². The molecule has 0 spiro atoms. The van der Waals surface area contributed by atoms with Crippen molar-refractivity contribution in [2.24, 2.45) is 0 Å². The first kappa shape index (κ1) is 17.2. The van der Waals surface area contributed by atoms with Gasteiger partial charge in [-0.2, -0.15) is 0 Å². The average Bonchev–Trinajstić information content (AvgIpc) is 2.41. The summed E-state index contributed by atoms with van der Waals surface area (Å²) in [5, 5.41) is 3.61. The normalized spacial score (nSPS) is 13.5. The minimum Gasteiger partial charge on any atom is -0.379 e. The van der Waals surface area contributed by atoms with E-state index in [1.807, 2.05) is 0 Å². The summed E-state index contributed by atoms with van der Waals surface area (Å²) in [5.41, 5.74) is 4.15. The zero-order valence-corrected chi connectivity index (χ0v) is 14.0. The molecule has 0 amide bonds. The fourth-order valence-corrected chi connectivity index (χ4v) is 2.40. The third kappa shape index (κ3) is 5.64. The summed E-state index contributed by atoms with van der Waals surface area (Å²) in [6.45, 7) is 11.9. The molecule has 0 radical (unpaired) electrons. The van der Waals surface area contributed by atoms with Crippen LogP contribution in [0.3, 0.4) is 0 Å². The van der Waals surface area contributed by atoms with Gasteiger partial charge in [-0.3, -0.25) is 0 Å². The van der Waals surface area contributed by atoms with E-state index in [9.17, 15) is 0 Å². The van der Waals surface area contributed by atoms with Crippen LogP contribution in [0.15, 0.2) is 18.2 Å². The number of hydrogen-bond donors (Lipinski definition) is 1. The molecular weight excluding hydrogens is 246 g/mol. The quantitative estimate of drug-likeness (QED) is 0.774. The summed E-state index contributed by atoms with van der Waals surface area (Å²) in [4.78, 5) is 0. The van der Waals surface area contributed by atoms with Gasteiger partial charge in [0.05, 0.1) is 5.60 Å². The summed E-state index contributed by atoms with van der Waals surface area (Å²) >= 11 is 0. The molecule has 1 atom stereocenters. The Morgan fingerprint density at radius 2 is 1.90 bits per heavy atom. The molecule has 2 heteroatoms. The van der Waals surface area contributed by atoms with Gasteiger partial charge in [-0.05, 0) is 70.2 Å². The molecule has 0 aromatic heterocycles. The Balaban J connectivity index is 2.64. The zero-order chi connectivity index (χ0) is 15.2. The van der Waals surface area contributed by atoms with Crippen LogP contribution in [0.1, 0.15) is 50.3 Å². The standard InChI is InChI=1S/C18H31NO/c1-7-19-17(10-11-18(4,5)20-6)13-16-9-8-14(2)15(3)12-16/h8-9,12,17,19H,7,10-11,13H2,1-6H3. The van der Waals surface area contributed by atoms with E-state index in [1.165, 1.54) is 16.7 Å². The van der Waals surface area contributed by atoms with Gasteiger partial charge in [0.15, 0.2) is 0 Å². The molecule has 0 aliphatic carbocycles. The monoisotopic (exact) mass is 277 g/mol. The lowest BCUT2D eigenvalue weighted by molar-refractivity contribution is 0.0117. The molecular formula is C18H31NO. The summed E-state index contributed by atoms with van der Waals surface area (Å²) in [6.07, 6.45) is 3.31. The van der Waals surface area contributed by atoms with E-state index in [0.717, 1.165) is 25.8 Å². The largest absolute Gasteiger partial charge is 0.379 e. The highest BCUT2D eigenvalue weighted by molar-refractivity contribution is 5.30. The highest BCUT2D eigenvalue weighted by Gasteiger charge is 2.19. The molecule has 0 fully saturated rings. The Hall–Kier alpha value is -0.860. The van der Waals surface area contributed by atoms with Crippen LogP contribution < -0.4 is 5.32 Å². The van der Waals surface area contributed by atoms with Crippen LogP contribution >= 0.6 is 0 Å². The van der Waals surface area contributed by atoms with Gasteiger partial charge in [0.1, 0.15) is 0 Å². The smallest absolute Gasteiger partial charge is 0.0623 e. The predicted molar refractivity (Wildman–Crippen MR) is 87.4 cm³/mol. The number of methoxy groups -OCH3 is 1. The fraction of sp³-hybridized carbons (Fsp3) is 0.667. The Morgan fingerprint density at radius 3 is 2.45 bits per heavy atom. The van der Waals surface area contributed by atoms with Crippen LogP contribution in [0.25, 0.3) is 0 Å². The van der Waals surface area contributed by atoms with Crippen molar-refractivity contribution in [3.8, 4) is 0 Å². The maximum atomic E-state index is 5.52. The highest BCUT2D eigenvalue weighted by Crippen LogP contribution is 2.19. The van der Waals surface area contributed by atoms with E-state index in [-0.39, 0.29) is 5.60 Å². The van der Waals surface area contributed by atoms with Gasteiger partial charge in [-0.25, -0.2) is 0 Å². The number of benzene rings is 1. The Bertz CT molecular complexity index is 412. The van der Waals surface area contributed by atoms with Crippen molar-refractivity contribution < 1.29 is 4.74 Å². The van der Waals surface area contributed by atoms with E-state index >= 15 is 0 Å². The molecule has 1 aromatic rings. The maximum absolute atomic E-state index is 5.52. The summed E-state index contributed by atoms with van der Waals surface area (Å²) in [5.74, 6) is 0. The first-order valence-corrected chi connectivity index (χ1v) is 7.72. The van der Waals surface area contributed by atoms with Gasteiger partial charge >= 0.3 is 0 Å². The second kappa shape index (κ2) is 7.80. The lowest BCUT2D eigenvalue weighted by Crippen LogP contribution is -2.34. The van der Waals surface area contributed by atoms with Gasteiger partial charge < -0.3 is 10.1 Å². The molecule has 1 rings (SSSR count). The molecule has 2 nitrogen and oxygen atoms in total. The van der Waals surface area contributed by atoms with Crippen LogP contribution in [0, 0.1) is 13.8 Å². The van der Waals surface area contributed by atoms with Crippen LogP contribution in [0.2, 0.25) is 0 Å². The van der Waals surface area contributed by atoms with Crippen molar-refractivity contribution in [3.05, 3.63) is 34.9 Å². The van der Waals surface area contributed by atoms with E-state index in [0.29, 0.717) is 6.04 Å². The van der Waals surface area contributed by atoms with Crippen LogP contribution in [0.4, 0.5) is 0 Å². The molecule has 0 aliphatic heterocycles. The maximum Gasteiger partial charge on any atom is 0.0623 e. The minimum atomic E-state index is -0.0309. The van der Waals surface area contributed by atoms with Crippen molar-refractivity contribution in [2.75, 3.05) is 13.7 Å². The van der Waals surface area contributed by atoms with Crippen molar-refractivity contribution in [3.63, 3.8) is 0 Å². The number of nitrogens with one attached hydrogen (secondary N) is 1. The van der Waals surface area contributed by atoms with Crippen molar-refractivity contribution >= 4 is 0 Å². The molecule has 0 heterocycles. The zero-order valence-electron chi connectivity index (χ0n) is 14.0. The van der Waals surface area contributed by atoms with Gasteiger partial charge in [-0.15, -0.1) is 0 Å². The molecule has 0 saturated heterocycles. The van der Waals surface area contributed by atoms with E-state index < -0.39 is 0 Å². The number of likely N-dealkylation sites (N-methyl/N-ethyl adjacent to an activating group) is 1. The van der Waals surface area contributed by atoms with Gasteiger partial charge in [-0.1, -0.05) is 25.1 Å². The Kier molecular flexibility index (Phi) is 6.70. The number of hydrogen-bond acceptors (Lipinski definition) is 2. The Morgan fingerprint density at radius 1 is 1.20 bits per heavy atom. The second-order valence-electron chi connectivity index (χ2n) is 6.38. The summed E-state index contributed by atoms with van der Waals surface area (Å²) < 4.78 is 5.52. The van der Waals surface area contributed by atoms with Crippen molar-refractivity contribution in [1.29, 1.82) is 0 Å². The molecule has 1 N–H and O–H groups in total. The number of ether oxygens (including phenoxy) is 1. The lowest BCUT2D eigenvalue weighted by Gasteiger charge is -2.26. The molecule has 20 heavy (non-hydrogen) atoms. The first-order chi connectivity index (χ1) is 9.38. The molecule has 114 valence electrons. The highest BCUT2D eigenvalue weighted by atomic mass is 16.5. The molecule has 0 saturated carbocycles. The SMILES string of the molecule is CCNC(CCC(C)(C)OC)Cc1ccc(C)c(C)c1. The lowest BCUT2D eigenvalue weighted by atomic mass is 9.94. The summed E-state index contributed by atoms with van der Waals surface area (Å²) in [7, 11) is 1.80. The van der Waals surface area contributed by atoms with Crippen LogP contribution in [-0.4, -0.2) is 25.3 Å². The van der Waals surface area contributed by atoms with Crippen LogP contribution in [0.5, 0.6) is 0 Å². The van der Waals surface area contributed by atoms with Gasteiger partial charge in [0.2, 0.25) is 0 Å². The van der Waals surface area contributed by atoms with Gasteiger partial charge in [0, 0.05) is 13.2 Å². The van der Waals surface area contributed by atoms with E-state index in [4.69, 9.17) is 4.74 Å². The predicted octanol–water partition coefficient (Wildman–Crippen LogP) is 4.03. The first-order valence-electron chi connectivity index (χ1n) is 7.72. The average molecular weight is 277 g/mol.